The monoisotopic (exact) mass is 295 g/mol. The van der Waals surface area contributed by atoms with E-state index in [0.29, 0.717) is 11.0 Å². The zero-order valence-corrected chi connectivity index (χ0v) is 15.3. The van der Waals surface area contributed by atoms with E-state index in [2.05, 4.69) is 46.0 Å². The molecule has 1 unspecified atom stereocenters. The molecule has 2 aliphatic rings. The summed E-state index contributed by atoms with van der Waals surface area (Å²) >= 11 is 0. The van der Waals surface area contributed by atoms with Crippen LogP contribution in [0.3, 0.4) is 0 Å². The zero-order valence-electron chi connectivity index (χ0n) is 12.7. The van der Waals surface area contributed by atoms with Gasteiger partial charge in [0.15, 0.2) is 0 Å². The van der Waals surface area contributed by atoms with Crippen LogP contribution in [-0.2, 0) is 21.7 Å². The van der Waals surface area contributed by atoms with Crippen LogP contribution < -0.4 is 0 Å². The second-order valence-electron chi connectivity index (χ2n) is 7.46. The Morgan fingerprint density at radius 2 is 1.83 bits per heavy atom. The third-order valence-corrected chi connectivity index (χ3v) is 10.7. The normalized spacial score (nSPS) is 23.9. The average molecular weight is 295 g/mol. The van der Waals surface area contributed by atoms with E-state index in [1.165, 1.54) is 31.7 Å². The first-order valence-electron chi connectivity index (χ1n) is 7.12. The first-order valence-corrected chi connectivity index (χ1v) is 10.3. The van der Waals surface area contributed by atoms with Crippen molar-refractivity contribution in [3.8, 4) is 0 Å². The smallest absolute Gasteiger partial charge is 0.0521 e. The zero-order chi connectivity index (χ0) is 12.7. The Kier molecular flexibility index (Phi) is 5.31. The second kappa shape index (κ2) is 5.81. The summed E-state index contributed by atoms with van der Waals surface area (Å²) in [5.74, 6) is 0.672. The second-order valence-corrected chi connectivity index (χ2v) is 13.1. The minimum atomic E-state index is -1.16. The van der Waals surface area contributed by atoms with Crippen molar-refractivity contribution in [2.45, 2.75) is 70.6 Å². The van der Waals surface area contributed by atoms with Crippen molar-refractivity contribution in [3.05, 3.63) is 23.3 Å². The van der Waals surface area contributed by atoms with E-state index in [-0.39, 0.29) is 21.7 Å². The van der Waals surface area contributed by atoms with Crippen LogP contribution in [0.15, 0.2) is 17.2 Å². The summed E-state index contributed by atoms with van der Waals surface area (Å²) in [4.78, 5) is 0. The van der Waals surface area contributed by atoms with Crippen LogP contribution in [0.25, 0.3) is 0 Å². The maximum absolute atomic E-state index is 3.66. The van der Waals surface area contributed by atoms with Gasteiger partial charge in [0, 0.05) is 21.7 Å². The van der Waals surface area contributed by atoms with Gasteiger partial charge in [-0.15, -0.1) is 0 Å². The molecule has 100 valence electrons. The Bertz CT molecular complexity index is 358. The van der Waals surface area contributed by atoms with Crippen LogP contribution in [-0.4, -0.2) is 8.07 Å². The van der Waals surface area contributed by atoms with Crippen LogP contribution in [0.5, 0.6) is 0 Å². The molecule has 0 amide bonds. The number of hydrogen-bond donors (Lipinski definition) is 0. The summed E-state index contributed by atoms with van der Waals surface area (Å²) in [5, 5.41) is 0.507. The van der Waals surface area contributed by atoms with E-state index < -0.39 is 8.07 Å². The summed E-state index contributed by atoms with van der Waals surface area (Å²) in [6, 6.07) is 1.39. The van der Waals surface area contributed by atoms with E-state index in [9.17, 15) is 0 Å². The largest absolute Gasteiger partial charge is 0.269 e. The fraction of sp³-hybridized carbons (Fsp3) is 0.750. The van der Waals surface area contributed by atoms with Crippen LogP contribution in [0.4, 0.5) is 0 Å². The Balaban J connectivity index is 0.00000162. The van der Waals surface area contributed by atoms with E-state index in [0.717, 1.165) is 0 Å². The van der Waals surface area contributed by atoms with Gasteiger partial charge in [-0.2, -0.15) is 11.1 Å². The van der Waals surface area contributed by atoms with Gasteiger partial charge in [-0.25, -0.2) is 6.08 Å². The molecular formula is C16H27SiTi-. The molecule has 0 heterocycles. The summed E-state index contributed by atoms with van der Waals surface area (Å²) in [7, 11) is -1.16. The maximum atomic E-state index is 3.66. The molecule has 18 heavy (non-hydrogen) atoms. The van der Waals surface area contributed by atoms with Gasteiger partial charge >= 0.3 is 0 Å². The quantitative estimate of drug-likeness (QED) is 0.475. The molecule has 0 aliphatic heterocycles. The van der Waals surface area contributed by atoms with Crippen molar-refractivity contribution in [1.29, 1.82) is 0 Å². The standard InChI is InChI=1S/C16H27Si.Ti/c1-16(2,3)17(4,5)12-14-11-10-13-8-6-7-9-15(13)14;/h10,14H,6-9,12H2,1-5H3;/q-1;. The molecule has 2 heteroatoms. The summed E-state index contributed by atoms with van der Waals surface area (Å²) in [6.07, 6.45) is 11.4. The van der Waals surface area contributed by atoms with Gasteiger partial charge in [-0.3, -0.25) is 6.08 Å². The van der Waals surface area contributed by atoms with E-state index in [1.807, 2.05) is 0 Å². The first kappa shape index (κ1) is 16.5. The predicted octanol–water partition coefficient (Wildman–Crippen LogP) is 5.35. The van der Waals surface area contributed by atoms with Crippen LogP contribution in [0.1, 0.15) is 46.5 Å². The molecule has 2 aliphatic carbocycles. The molecule has 0 saturated heterocycles. The Morgan fingerprint density at radius 3 is 2.44 bits per heavy atom. The van der Waals surface area contributed by atoms with Crippen molar-refractivity contribution in [2.75, 3.05) is 0 Å². The van der Waals surface area contributed by atoms with Crippen LogP contribution in [0, 0.1) is 12.0 Å². The Hall–Kier alpha value is 0.411. The minimum Gasteiger partial charge on any atom is -0.269 e. The van der Waals surface area contributed by atoms with E-state index >= 15 is 0 Å². The van der Waals surface area contributed by atoms with Gasteiger partial charge in [0.05, 0.1) is 8.07 Å². The predicted molar refractivity (Wildman–Crippen MR) is 78.8 cm³/mol. The number of allylic oxidation sites excluding steroid dienone is 4. The van der Waals surface area contributed by atoms with Gasteiger partial charge in [0.25, 0.3) is 0 Å². The average Bonchev–Trinajstić information content (AvgIpc) is 2.60. The van der Waals surface area contributed by atoms with Crippen molar-refractivity contribution in [3.63, 3.8) is 0 Å². The summed E-state index contributed by atoms with van der Waals surface area (Å²) in [6.45, 7) is 12.4. The summed E-state index contributed by atoms with van der Waals surface area (Å²) in [5.41, 5.74) is 3.39. The number of hydrogen-bond acceptors (Lipinski definition) is 0. The molecule has 0 radical (unpaired) electrons. The molecule has 0 bridgehead atoms. The van der Waals surface area contributed by atoms with Gasteiger partial charge in [-0.1, -0.05) is 65.1 Å². The molecule has 0 aromatic carbocycles. The Labute approximate surface area is 129 Å². The van der Waals surface area contributed by atoms with Gasteiger partial charge in [0.2, 0.25) is 0 Å². The fourth-order valence-electron chi connectivity index (χ4n) is 2.82. The third-order valence-electron chi connectivity index (χ3n) is 5.18. The molecule has 1 atom stereocenters. The van der Waals surface area contributed by atoms with Gasteiger partial charge < -0.3 is 0 Å². The van der Waals surface area contributed by atoms with Crippen molar-refractivity contribution in [2.24, 2.45) is 5.92 Å². The van der Waals surface area contributed by atoms with Crippen LogP contribution in [0.2, 0.25) is 24.2 Å². The minimum absolute atomic E-state index is 0. The summed E-state index contributed by atoms with van der Waals surface area (Å²) < 4.78 is 0. The molecule has 0 spiro atoms. The maximum Gasteiger partial charge on any atom is 0.0521 e. The molecule has 0 nitrogen and oxygen atoms in total. The SMILES string of the molecule is CC(C)(C)[Si](C)(C)CC1[C-]=CC2=C1CCCC2.[Ti]. The van der Waals surface area contributed by atoms with Gasteiger partial charge in [0.1, 0.15) is 0 Å². The fourth-order valence-corrected chi connectivity index (χ4v) is 4.81. The molecule has 0 N–H and O–H groups in total. The molecule has 0 saturated carbocycles. The topological polar surface area (TPSA) is 0 Å². The van der Waals surface area contributed by atoms with Crippen molar-refractivity contribution >= 4 is 8.07 Å². The van der Waals surface area contributed by atoms with Crippen molar-refractivity contribution in [1.82, 2.24) is 0 Å². The van der Waals surface area contributed by atoms with Crippen molar-refractivity contribution < 1.29 is 21.7 Å². The molecule has 0 fully saturated rings. The first-order chi connectivity index (χ1) is 7.81. The van der Waals surface area contributed by atoms with E-state index in [4.69, 9.17) is 0 Å². The number of rotatable bonds is 2. The molecule has 0 aromatic rings. The molecule has 2 rings (SSSR count). The molecular weight excluding hydrogens is 268 g/mol. The molecule has 0 aromatic heterocycles. The Morgan fingerprint density at radius 1 is 1.22 bits per heavy atom. The van der Waals surface area contributed by atoms with E-state index in [1.54, 1.807) is 11.1 Å². The van der Waals surface area contributed by atoms with Crippen LogP contribution >= 0.6 is 0 Å². The van der Waals surface area contributed by atoms with Gasteiger partial charge in [-0.05, 0) is 11.5 Å². The third kappa shape index (κ3) is 3.29.